The van der Waals surface area contributed by atoms with Gasteiger partial charge in [-0.05, 0) is 23.8 Å². The smallest absolute Gasteiger partial charge is 0.115 e. The van der Waals surface area contributed by atoms with Crippen LogP contribution < -0.4 is 5.32 Å². The lowest BCUT2D eigenvalue weighted by atomic mass is 10.3. The van der Waals surface area contributed by atoms with E-state index in [1.807, 2.05) is 24.4 Å². The first-order chi connectivity index (χ1) is 8.86. The van der Waals surface area contributed by atoms with Crippen molar-refractivity contribution < 1.29 is 0 Å². The van der Waals surface area contributed by atoms with Gasteiger partial charge in [-0.15, -0.1) is 11.8 Å². The van der Waals surface area contributed by atoms with Gasteiger partial charge in [0.15, 0.2) is 0 Å². The third kappa shape index (κ3) is 4.29. The molecule has 2 rings (SSSR count). The van der Waals surface area contributed by atoms with Crippen LogP contribution in [0.25, 0.3) is 0 Å². The number of nitrogens with one attached hydrogen (secondary N) is 1. The van der Waals surface area contributed by atoms with Gasteiger partial charge in [0.2, 0.25) is 0 Å². The van der Waals surface area contributed by atoms with E-state index in [4.69, 9.17) is 11.6 Å². The van der Waals surface area contributed by atoms with E-state index < -0.39 is 0 Å². The Labute approximate surface area is 116 Å². The summed E-state index contributed by atoms with van der Waals surface area (Å²) in [5, 5.41) is 4.97. The maximum atomic E-state index is 6.02. The lowest BCUT2D eigenvalue weighted by Gasteiger charge is -2.05. The SMILES string of the molecule is Clc1cccnc1SCCNCc1cccnc1. The minimum absolute atomic E-state index is 0.717. The fraction of sp³-hybridized carbons (Fsp3) is 0.231. The van der Waals surface area contributed by atoms with Crippen molar-refractivity contribution in [2.24, 2.45) is 0 Å². The molecule has 0 radical (unpaired) electrons. The second kappa shape index (κ2) is 7.36. The monoisotopic (exact) mass is 279 g/mol. The third-order valence-corrected chi connectivity index (χ3v) is 3.72. The standard InChI is InChI=1S/C13H14ClN3S/c14-12-4-2-6-17-13(12)18-8-7-16-10-11-3-1-5-15-9-11/h1-6,9,16H,7-8,10H2. The van der Waals surface area contributed by atoms with Crippen molar-refractivity contribution in [2.75, 3.05) is 12.3 Å². The lowest BCUT2D eigenvalue weighted by molar-refractivity contribution is 0.729. The van der Waals surface area contributed by atoms with Crippen LogP contribution in [-0.4, -0.2) is 22.3 Å². The zero-order valence-corrected chi connectivity index (χ0v) is 11.4. The molecule has 0 aliphatic rings. The Hall–Kier alpha value is -1.10. The Morgan fingerprint density at radius 3 is 2.89 bits per heavy atom. The molecule has 94 valence electrons. The van der Waals surface area contributed by atoms with Gasteiger partial charge in [0.25, 0.3) is 0 Å². The minimum Gasteiger partial charge on any atom is -0.312 e. The Bertz CT molecular complexity index is 479. The van der Waals surface area contributed by atoms with E-state index in [0.29, 0.717) is 0 Å². The van der Waals surface area contributed by atoms with E-state index >= 15 is 0 Å². The van der Waals surface area contributed by atoms with Crippen LogP contribution in [0.15, 0.2) is 47.9 Å². The van der Waals surface area contributed by atoms with Crippen LogP contribution in [0.2, 0.25) is 5.02 Å². The van der Waals surface area contributed by atoms with Crippen molar-refractivity contribution in [3.63, 3.8) is 0 Å². The Balaban J connectivity index is 1.66. The van der Waals surface area contributed by atoms with Crippen LogP contribution in [0.4, 0.5) is 0 Å². The van der Waals surface area contributed by atoms with Gasteiger partial charge in [0, 0.05) is 37.4 Å². The fourth-order valence-corrected chi connectivity index (χ4v) is 2.50. The second-order valence-electron chi connectivity index (χ2n) is 3.68. The molecule has 0 bridgehead atoms. The third-order valence-electron chi connectivity index (χ3n) is 2.29. The highest BCUT2D eigenvalue weighted by Crippen LogP contribution is 2.23. The highest BCUT2D eigenvalue weighted by atomic mass is 35.5. The van der Waals surface area contributed by atoms with Crippen molar-refractivity contribution in [3.8, 4) is 0 Å². The average Bonchev–Trinajstić information content (AvgIpc) is 2.42. The molecule has 18 heavy (non-hydrogen) atoms. The van der Waals surface area contributed by atoms with E-state index in [0.717, 1.165) is 28.9 Å². The van der Waals surface area contributed by atoms with Gasteiger partial charge in [0.1, 0.15) is 5.03 Å². The molecule has 0 unspecified atom stereocenters. The molecule has 0 saturated carbocycles. The molecule has 0 fully saturated rings. The summed E-state index contributed by atoms with van der Waals surface area (Å²) in [7, 11) is 0. The first-order valence-electron chi connectivity index (χ1n) is 5.69. The largest absolute Gasteiger partial charge is 0.312 e. The number of hydrogen-bond acceptors (Lipinski definition) is 4. The fourth-order valence-electron chi connectivity index (χ4n) is 1.43. The quantitative estimate of drug-likeness (QED) is 0.652. The zero-order valence-electron chi connectivity index (χ0n) is 9.84. The summed E-state index contributed by atoms with van der Waals surface area (Å²) in [6, 6.07) is 7.70. The number of halogens is 1. The van der Waals surface area contributed by atoms with Crippen LogP contribution in [0.5, 0.6) is 0 Å². The van der Waals surface area contributed by atoms with Crippen molar-refractivity contribution in [1.82, 2.24) is 15.3 Å². The summed E-state index contributed by atoms with van der Waals surface area (Å²) in [6.07, 6.45) is 5.41. The van der Waals surface area contributed by atoms with E-state index in [2.05, 4.69) is 21.4 Å². The summed E-state index contributed by atoms with van der Waals surface area (Å²) in [5.74, 6) is 0.941. The van der Waals surface area contributed by atoms with Crippen LogP contribution in [0, 0.1) is 0 Å². The van der Waals surface area contributed by atoms with Gasteiger partial charge < -0.3 is 5.32 Å². The van der Waals surface area contributed by atoms with E-state index in [1.165, 1.54) is 5.56 Å². The minimum atomic E-state index is 0.717. The van der Waals surface area contributed by atoms with Crippen molar-refractivity contribution in [1.29, 1.82) is 0 Å². The van der Waals surface area contributed by atoms with Crippen molar-refractivity contribution >= 4 is 23.4 Å². The van der Waals surface area contributed by atoms with Gasteiger partial charge in [0.05, 0.1) is 5.02 Å². The molecule has 0 aliphatic heterocycles. The Morgan fingerprint density at radius 2 is 2.11 bits per heavy atom. The molecule has 0 saturated heterocycles. The molecule has 2 heterocycles. The molecular formula is C13H14ClN3S. The van der Waals surface area contributed by atoms with Gasteiger partial charge in [-0.25, -0.2) is 4.98 Å². The van der Waals surface area contributed by atoms with Gasteiger partial charge in [-0.3, -0.25) is 4.98 Å². The van der Waals surface area contributed by atoms with Gasteiger partial charge in [-0.2, -0.15) is 0 Å². The Morgan fingerprint density at radius 1 is 1.22 bits per heavy atom. The number of aromatic nitrogens is 2. The molecule has 2 aromatic heterocycles. The maximum absolute atomic E-state index is 6.02. The predicted octanol–water partition coefficient (Wildman–Crippen LogP) is 3.01. The van der Waals surface area contributed by atoms with E-state index in [9.17, 15) is 0 Å². The Kier molecular flexibility index (Phi) is 5.45. The van der Waals surface area contributed by atoms with Gasteiger partial charge in [-0.1, -0.05) is 17.7 Å². The molecule has 3 nitrogen and oxygen atoms in total. The summed E-state index contributed by atoms with van der Waals surface area (Å²) in [4.78, 5) is 8.30. The molecule has 0 aromatic carbocycles. The number of nitrogens with zero attached hydrogens (tertiary/aromatic N) is 2. The normalized spacial score (nSPS) is 10.5. The number of rotatable bonds is 6. The highest BCUT2D eigenvalue weighted by Gasteiger charge is 2.00. The molecule has 5 heteroatoms. The molecule has 0 aliphatic carbocycles. The zero-order chi connectivity index (χ0) is 12.6. The number of pyridine rings is 2. The predicted molar refractivity (Wildman–Crippen MR) is 75.9 cm³/mol. The highest BCUT2D eigenvalue weighted by molar-refractivity contribution is 7.99. The summed E-state index contributed by atoms with van der Waals surface area (Å²) < 4.78 is 0. The number of hydrogen-bond donors (Lipinski definition) is 1. The average molecular weight is 280 g/mol. The molecule has 0 amide bonds. The second-order valence-corrected chi connectivity index (χ2v) is 5.17. The van der Waals surface area contributed by atoms with Crippen LogP contribution in [0.1, 0.15) is 5.56 Å². The molecular weight excluding hydrogens is 266 g/mol. The summed E-state index contributed by atoms with van der Waals surface area (Å²) in [6.45, 7) is 1.75. The summed E-state index contributed by atoms with van der Waals surface area (Å²) in [5.41, 5.74) is 1.19. The first kappa shape index (κ1) is 13.3. The van der Waals surface area contributed by atoms with Crippen molar-refractivity contribution in [3.05, 3.63) is 53.4 Å². The van der Waals surface area contributed by atoms with Crippen LogP contribution >= 0.6 is 23.4 Å². The molecule has 1 N–H and O–H groups in total. The van der Waals surface area contributed by atoms with Crippen LogP contribution in [0.3, 0.4) is 0 Å². The molecule has 0 atom stereocenters. The van der Waals surface area contributed by atoms with E-state index in [-0.39, 0.29) is 0 Å². The molecule has 0 spiro atoms. The first-order valence-corrected chi connectivity index (χ1v) is 7.05. The molecule has 2 aromatic rings. The van der Waals surface area contributed by atoms with Crippen LogP contribution in [-0.2, 0) is 6.54 Å². The topological polar surface area (TPSA) is 37.8 Å². The van der Waals surface area contributed by atoms with E-state index in [1.54, 1.807) is 24.2 Å². The lowest BCUT2D eigenvalue weighted by Crippen LogP contribution is -2.16. The number of thioether (sulfide) groups is 1. The van der Waals surface area contributed by atoms with Crippen molar-refractivity contribution in [2.45, 2.75) is 11.6 Å². The maximum Gasteiger partial charge on any atom is 0.115 e. The summed E-state index contributed by atoms with van der Waals surface area (Å²) >= 11 is 7.68. The van der Waals surface area contributed by atoms with Gasteiger partial charge >= 0.3 is 0 Å².